The molecule has 1 aromatic carbocycles. The van der Waals surface area contributed by atoms with Gasteiger partial charge in [0.2, 0.25) is 0 Å². The average Bonchev–Trinajstić information content (AvgIpc) is 2.70. The van der Waals surface area contributed by atoms with E-state index in [2.05, 4.69) is 39.4 Å². The van der Waals surface area contributed by atoms with Crippen LogP contribution in [-0.4, -0.2) is 31.1 Å². The normalized spacial score (nSPS) is 12.0. The lowest BCUT2D eigenvalue weighted by atomic mass is 10.1. The molecule has 5 nitrogen and oxygen atoms in total. The lowest BCUT2D eigenvalue weighted by Crippen LogP contribution is -2.36. The van der Waals surface area contributed by atoms with E-state index >= 15 is 0 Å². The lowest BCUT2D eigenvalue weighted by molar-refractivity contribution is -0.137. The van der Waals surface area contributed by atoms with Crippen LogP contribution in [0.1, 0.15) is 30.5 Å². The van der Waals surface area contributed by atoms with Gasteiger partial charge in [0.15, 0.2) is 5.96 Å². The summed E-state index contributed by atoms with van der Waals surface area (Å²) in [5, 5.41) is 6.26. The van der Waals surface area contributed by atoms with Crippen LogP contribution in [0.4, 0.5) is 19.0 Å². The number of pyridine rings is 1. The van der Waals surface area contributed by atoms with E-state index in [1.807, 2.05) is 18.3 Å². The van der Waals surface area contributed by atoms with Crippen molar-refractivity contribution in [2.24, 2.45) is 4.99 Å². The van der Waals surface area contributed by atoms with E-state index in [1.54, 1.807) is 7.05 Å². The van der Waals surface area contributed by atoms with Crippen molar-refractivity contribution >= 4 is 11.8 Å². The van der Waals surface area contributed by atoms with E-state index in [9.17, 15) is 13.2 Å². The zero-order valence-electron chi connectivity index (χ0n) is 16.3. The fraction of sp³-hybridized carbons (Fsp3) is 0.400. The van der Waals surface area contributed by atoms with Gasteiger partial charge < -0.3 is 15.5 Å². The Balaban J connectivity index is 1.86. The summed E-state index contributed by atoms with van der Waals surface area (Å²) in [5.74, 6) is 1.51. The Morgan fingerprint density at radius 2 is 1.54 bits per heavy atom. The number of guanidine groups is 1. The summed E-state index contributed by atoms with van der Waals surface area (Å²) in [6.45, 7) is 6.90. The molecule has 2 rings (SSSR count). The van der Waals surface area contributed by atoms with Crippen molar-refractivity contribution in [2.45, 2.75) is 33.1 Å². The van der Waals surface area contributed by atoms with Gasteiger partial charge in [-0.25, -0.2) is 4.98 Å². The second kappa shape index (κ2) is 9.96. The van der Waals surface area contributed by atoms with Gasteiger partial charge in [-0.3, -0.25) is 4.99 Å². The molecule has 8 heteroatoms. The SMILES string of the molecule is CCN(CC)c1ccc(CNC(=NC)NCc2ccc(C(F)(F)F)cc2)cn1. The Morgan fingerprint density at radius 1 is 0.964 bits per heavy atom. The number of hydrogen-bond donors (Lipinski definition) is 2. The second-order valence-corrected chi connectivity index (χ2v) is 6.17. The van der Waals surface area contributed by atoms with Crippen molar-refractivity contribution in [1.29, 1.82) is 0 Å². The van der Waals surface area contributed by atoms with Crippen LogP contribution in [0.25, 0.3) is 0 Å². The Morgan fingerprint density at radius 3 is 2.00 bits per heavy atom. The molecule has 0 bridgehead atoms. The van der Waals surface area contributed by atoms with Crippen LogP contribution in [0.5, 0.6) is 0 Å². The summed E-state index contributed by atoms with van der Waals surface area (Å²) in [5.41, 5.74) is 1.09. The molecule has 0 amide bonds. The van der Waals surface area contributed by atoms with E-state index in [4.69, 9.17) is 0 Å². The first-order chi connectivity index (χ1) is 13.4. The molecule has 0 fully saturated rings. The number of rotatable bonds is 7. The monoisotopic (exact) mass is 393 g/mol. The van der Waals surface area contributed by atoms with Gasteiger partial charge in [0.05, 0.1) is 5.56 Å². The van der Waals surface area contributed by atoms with Gasteiger partial charge in [-0.15, -0.1) is 0 Å². The van der Waals surface area contributed by atoms with Crippen molar-refractivity contribution in [2.75, 3.05) is 25.0 Å². The number of aliphatic imine (C=N–C) groups is 1. The fourth-order valence-corrected chi connectivity index (χ4v) is 2.66. The average molecular weight is 393 g/mol. The molecule has 0 spiro atoms. The predicted molar refractivity (Wildman–Crippen MR) is 106 cm³/mol. The van der Waals surface area contributed by atoms with Crippen molar-refractivity contribution in [3.63, 3.8) is 0 Å². The third kappa shape index (κ3) is 6.14. The van der Waals surface area contributed by atoms with Crippen molar-refractivity contribution < 1.29 is 13.2 Å². The standard InChI is InChI=1S/C20H26F3N5/c1-4-28(5-2)18-11-8-16(13-25-18)14-27-19(24-3)26-12-15-6-9-17(10-7-15)20(21,22)23/h6-11,13H,4-5,12,14H2,1-3H3,(H2,24,26,27). The van der Waals surface area contributed by atoms with Crippen LogP contribution in [0, 0.1) is 0 Å². The molecule has 0 saturated carbocycles. The molecule has 1 heterocycles. The number of anilines is 1. The van der Waals surface area contributed by atoms with Gasteiger partial charge in [0.1, 0.15) is 5.82 Å². The number of alkyl halides is 3. The van der Waals surface area contributed by atoms with Crippen molar-refractivity contribution in [3.05, 3.63) is 59.3 Å². The largest absolute Gasteiger partial charge is 0.416 e. The summed E-state index contributed by atoms with van der Waals surface area (Å²) < 4.78 is 37.8. The fourth-order valence-electron chi connectivity index (χ4n) is 2.66. The van der Waals surface area contributed by atoms with E-state index in [0.29, 0.717) is 19.0 Å². The number of hydrogen-bond acceptors (Lipinski definition) is 3. The molecule has 0 unspecified atom stereocenters. The van der Waals surface area contributed by atoms with Crippen molar-refractivity contribution in [3.8, 4) is 0 Å². The summed E-state index contributed by atoms with van der Waals surface area (Å²) in [4.78, 5) is 10.8. The summed E-state index contributed by atoms with van der Waals surface area (Å²) in [6.07, 6.45) is -2.50. The molecule has 28 heavy (non-hydrogen) atoms. The van der Waals surface area contributed by atoms with E-state index in [-0.39, 0.29) is 0 Å². The topological polar surface area (TPSA) is 52.5 Å². The minimum Gasteiger partial charge on any atom is -0.357 e. The predicted octanol–water partition coefficient (Wildman–Crippen LogP) is 3.81. The molecule has 0 saturated heterocycles. The second-order valence-electron chi connectivity index (χ2n) is 6.17. The van der Waals surface area contributed by atoms with Gasteiger partial charge >= 0.3 is 6.18 Å². The molecule has 0 aliphatic carbocycles. The number of halogens is 3. The number of aromatic nitrogens is 1. The zero-order chi connectivity index (χ0) is 20.6. The highest BCUT2D eigenvalue weighted by atomic mass is 19.4. The minimum absolute atomic E-state index is 0.372. The molecular weight excluding hydrogens is 367 g/mol. The van der Waals surface area contributed by atoms with Crippen LogP contribution < -0.4 is 15.5 Å². The van der Waals surface area contributed by atoms with E-state index in [1.165, 1.54) is 12.1 Å². The molecule has 0 atom stereocenters. The van der Waals surface area contributed by atoms with Crippen LogP contribution in [-0.2, 0) is 19.3 Å². The Labute approximate surface area is 163 Å². The summed E-state index contributed by atoms with van der Waals surface area (Å²) >= 11 is 0. The van der Waals surface area contributed by atoms with Crippen LogP contribution in [0.3, 0.4) is 0 Å². The Bertz CT molecular complexity index is 751. The third-order valence-electron chi connectivity index (χ3n) is 4.32. The van der Waals surface area contributed by atoms with Gasteiger partial charge in [0.25, 0.3) is 0 Å². The highest BCUT2D eigenvalue weighted by Crippen LogP contribution is 2.29. The summed E-state index contributed by atoms with van der Waals surface area (Å²) in [7, 11) is 1.64. The minimum atomic E-state index is -4.32. The lowest BCUT2D eigenvalue weighted by Gasteiger charge is -2.19. The highest BCUT2D eigenvalue weighted by Gasteiger charge is 2.29. The molecule has 0 aliphatic heterocycles. The first-order valence-corrected chi connectivity index (χ1v) is 9.17. The maximum atomic E-state index is 12.6. The molecule has 2 aromatic rings. The van der Waals surface area contributed by atoms with Crippen LogP contribution in [0.15, 0.2) is 47.6 Å². The van der Waals surface area contributed by atoms with Gasteiger partial charge in [-0.1, -0.05) is 18.2 Å². The highest BCUT2D eigenvalue weighted by molar-refractivity contribution is 5.79. The summed E-state index contributed by atoms with van der Waals surface area (Å²) in [6, 6.07) is 9.07. The smallest absolute Gasteiger partial charge is 0.357 e. The van der Waals surface area contributed by atoms with Gasteiger partial charge in [0, 0.05) is 39.4 Å². The Hall–Kier alpha value is -2.77. The van der Waals surface area contributed by atoms with Gasteiger partial charge in [-0.2, -0.15) is 13.2 Å². The number of benzene rings is 1. The molecular formula is C20H26F3N5. The molecule has 1 aromatic heterocycles. The van der Waals surface area contributed by atoms with E-state index in [0.717, 1.165) is 42.2 Å². The van der Waals surface area contributed by atoms with Crippen LogP contribution >= 0.6 is 0 Å². The Kier molecular flexibility index (Phi) is 7.66. The zero-order valence-corrected chi connectivity index (χ0v) is 16.3. The maximum Gasteiger partial charge on any atom is 0.416 e. The molecule has 0 aliphatic rings. The first-order valence-electron chi connectivity index (χ1n) is 9.17. The maximum absolute atomic E-state index is 12.6. The third-order valence-corrected chi connectivity index (χ3v) is 4.32. The van der Waals surface area contributed by atoms with E-state index < -0.39 is 11.7 Å². The van der Waals surface area contributed by atoms with Crippen molar-refractivity contribution in [1.82, 2.24) is 15.6 Å². The quantitative estimate of drug-likeness (QED) is 0.555. The molecule has 152 valence electrons. The number of nitrogens with zero attached hydrogens (tertiary/aromatic N) is 3. The van der Waals surface area contributed by atoms with Crippen LogP contribution in [0.2, 0.25) is 0 Å². The number of nitrogens with one attached hydrogen (secondary N) is 2. The molecule has 2 N–H and O–H groups in total. The first kappa shape index (κ1) is 21.5. The van der Waals surface area contributed by atoms with Gasteiger partial charge in [-0.05, 0) is 43.2 Å². The molecule has 0 radical (unpaired) electrons.